The van der Waals surface area contributed by atoms with Crippen molar-refractivity contribution in [1.82, 2.24) is 0 Å². The van der Waals surface area contributed by atoms with E-state index in [4.69, 9.17) is 10.4 Å². The van der Waals surface area contributed by atoms with E-state index in [2.05, 4.69) is 13.2 Å². The van der Waals surface area contributed by atoms with Crippen LogP contribution in [0.25, 0.3) is 0 Å². The fourth-order valence-corrected chi connectivity index (χ4v) is 0.792. The summed E-state index contributed by atoms with van der Waals surface area (Å²) in [5.41, 5.74) is 0.539. The maximum atomic E-state index is 10.7. The SMILES string of the molecule is C=C/C=C/C(C(=C)C#N)=C(\C)C(=O)O. The molecule has 0 saturated carbocycles. The van der Waals surface area contributed by atoms with Crippen molar-refractivity contribution in [3.8, 4) is 6.07 Å². The van der Waals surface area contributed by atoms with Gasteiger partial charge in [-0.25, -0.2) is 4.79 Å². The van der Waals surface area contributed by atoms with Gasteiger partial charge in [0.25, 0.3) is 0 Å². The van der Waals surface area contributed by atoms with Gasteiger partial charge in [0.2, 0.25) is 0 Å². The van der Waals surface area contributed by atoms with E-state index in [-0.39, 0.29) is 11.1 Å². The molecular formula is C11H11NO2. The summed E-state index contributed by atoms with van der Waals surface area (Å²) in [6.45, 7) is 8.34. The number of aliphatic carboxylic acids is 1. The molecule has 72 valence electrons. The van der Waals surface area contributed by atoms with Crippen LogP contribution in [0.4, 0.5) is 0 Å². The third-order valence-corrected chi connectivity index (χ3v) is 1.58. The standard InChI is InChI=1S/C11H11NO2/c1-4-5-6-10(8(2)7-12)9(3)11(13)14/h4-6H,1-2H2,3H3,(H,13,14)/b6-5+,10-9-. The molecule has 0 spiro atoms. The predicted octanol–water partition coefficient (Wildman–Crippen LogP) is 2.21. The second-order valence-corrected chi connectivity index (χ2v) is 2.53. The Morgan fingerprint density at radius 2 is 2.14 bits per heavy atom. The Hall–Kier alpha value is -2.08. The average molecular weight is 189 g/mol. The Balaban J connectivity index is 5.32. The molecule has 0 saturated heterocycles. The molecule has 1 N–H and O–H groups in total. The van der Waals surface area contributed by atoms with Crippen LogP contribution in [0.5, 0.6) is 0 Å². The van der Waals surface area contributed by atoms with Crippen LogP contribution in [0.1, 0.15) is 6.92 Å². The molecule has 0 aromatic carbocycles. The van der Waals surface area contributed by atoms with E-state index in [1.54, 1.807) is 6.08 Å². The van der Waals surface area contributed by atoms with Gasteiger partial charge >= 0.3 is 5.97 Å². The van der Waals surface area contributed by atoms with E-state index in [0.29, 0.717) is 5.57 Å². The lowest BCUT2D eigenvalue weighted by Crippen LogP contribution is -2.01. The number of hydrogen-bond donors (Lipinski definition) is 1. The van der Waals surface area contributed by atoms with Gasteiger partial charge in [-0.2, -0.15) is 5.26 Å². The van der Waals surface area contributed by atoms with Crippen LogP contribution in [0.3, 0.4) is 0 Å². The second-order valence-electron chi connectivity index (χ2n) is 2.53. The molecule has 0 atom stereocenters. The van der Waals surface area contributed by atoms with Crippen LogP contribution in [0.15, 0.2) is 48.1 Å². The van der Waals surface area contributed by atoms with Crippen molar-refractivity contribution < 1.29 is 9.90 Å². The summed E-state index contributed by atoms with van der Waals surface area (Å²) in [6.07, 6.45) is 4.56. The normalized spacial score (nSPS) is 11.7. The molecule has 0 amide bonds. The third-order valence-electron chi connectivity index (χ3n) is 1.58. The molecule has 0 aliphatic heterocycles. The first-order valence-corrected chi connectivity index (χ1v) is 3.87. The second kappa shape index (κ2) is 5.55. The molecule has 0 aliphatic rings. The van der Waals surface area contributed by atoms with E-state index in [0.717, 1.165) is 0 Å². The van der Waals surface area contributed by atoms with Gasteiger partial charge in [0.1, 0.15) is 0 Å². The van der Waals surface area contributed by atoms with Crippen molar-refractivity contribution in [2.24, 2.45) is 0 Å². The van der Waals surface area contributed by atoms with Crippen molar-refractivity contribution >= 4 is 5.97 Å². The molecule has 0 aromatic heterocycles. The van der Waals surface area contributed by atoms with Crippen LogP contribution in [-0.4, -0.2) is 11.1 Å². The summed E-state index contributed by atoms with van der Waals surface area (Å²) in [7, 11) is 0. The van der Waals surface area contributed by atoms with Gasteiger partial charge in [-0.1, -0.05) is 31.4 Å². The molecule has 0 aromatic rings. The summed E-state index contributed by atoms with van der Waals surface area (Å²) >= 11 is 0. The van der Waals surface area contributed by atoms with Crippen LogP contribution in [0.2, 0.25) is 0 Å². The van der Waals surface area contributed by atoms with Crippen molar-refractivity contribution in [1.29, 1.82) is 5.26 Å². The lowest BCUT2D eigenvalue weighted by atomic mass is 10.0. The summed E-state index contributed by atoms with van der Waals surface area (Å²) in [5.74, 6) is -1.06. The van der Waals surface area contributed by atoms with Crippen molar-refractivity contribution in [3.05, 3.63) is 48.1 Å². The largest absolute Gasteiger partial charge is 0.478 e. The predicted molar refractivity (Wildman–Crippen MR) is 54.4 cm³/mol. The van der Waals surface area contributed by atoms with Crippen molar-refractivity contribution in [2.45, 2.75) is 6.92 Å². The minimum Gasteiger partial charge on any atom is -0.478 e. The fourth-order valence-electron chi connectivity index (χ4n) is 0.792. The van der Waals surface area contributed by atoms with Crippen LogP contribution >= 0.6 is 0 Å². The Morgan fingerprint density at radius 1 is 1.57 bits per heavy atom. The number of hydrogen-bond acceptors (Lipinski definition) is 2. The molecule has 14 heavy (non-hydrogen) atoms. The van der Waals surface area contributed by atoms with Crippen molar-refractivity contribution in [3.63, 3.8) is 0 Å². The zero-order valence-electron chi connectivity index (χ0n) is 7.95. The minimum atomic E-state index is -1.06. The van der Waals surface area contributed by atoms with E-state index in [1.807, 2.05) is 6.07 Å². The Kier molecular flexibility index (Phi) is 4.72. The number of allylic oxidation sites excluding steroid dienone is 5. The number of rotatable bonds is 4. The lowest BCUT2D eigenvalue weighted by Gasteiger charge is -2.01. The fraction of sp³-hybridized carbons (Fsp3) is 0.0909. The minimum absolute atomic E-state index is 0.0923. The average Bonchev–Trinajstić information content (AvgIpc) is 2.17. The quantitative estimate of drug-likeness (QED) is 0.419. The van der Waals surface area contributed by atoms with E-state index >= 15 is 0 Å². The molecule has 0 bridgehead atoms. The molecular weight excluding hydrogens is 178 g/mol. The Labute approximate surface area is 83.0 Å². The number of nitriles is 1. The highest BCUT2D eigenvalue weighted by Crippen LogP contribution is 2.14. The highest BCUT2D eigenvalue weighted by Gasteiger charge is 2.09. The summed E-state index contributed by atoms with van der Waals surface area (Å²) in [5, 5.41) is 17.3. The number of carboxylic acids is 1. The molecule has 0 fully saturated rings. The summed E-state index contributed by atoms with van der Waals surface area (Å²) in [4.78, 5) is 10.7. The van der Waals surface area contributed by atoms with E-state index in [9.17, 15) is 4.79 Å². The third kappa shape index (κ3) is 3.11. The lowest BCUT2D eigenvalue weighted by molar-refractivity contribution is -0.132. The summed E-state index contributed by atoms with van der Waals surface area (Å²) in [6, 6.07) is 1.81. The topological polar surface area (TPSA) is 61.1 Å². The first kappa shape index (κ1) is 11.9. The highest BCUT2D eigenvalue weighted by molar-refractivity contribution is 5.89. The van der Waals surface area contributed by atoms with Gasteiger partial charge < -0.3 is 5.11 Å². The first-order valence-electron chi connectivity index (χ1n) is 3.87. The molecule has 0 unspecified atom stereocenters. The van der Waals surface area contributed by atoms with Crippen LogP contribution in [-0.2, 0) is 4.79 Å². The van der Waals surface area contributed by atoms with Gasteiger partial charge in [-0.3, -0.25) is 0 Å². The molecule has 0 rings (SSSR count). The smallest absolute Gasteiger partial charge is 0.331 e. The molecule has 3 heteroatoms. The number of carboxylic acid groups (broad SMARTS) is 1. The highest BCUT2D eigenvalue weighted by atomic mass is 16.4. The van der Waals surface area contributed by atoms with Gasteiger partial charge in [0, 0.05) is 11.1 Å². The molecule has 0 radical (unpaired) electrons. The summed E-state index contributed by atoms with van der Waals surface area (Å²) < 4.78 is 0. The van der Waals surface area contributed by atoms with Gasteiger partial charge in [0.15, 0.2) is 0 Å². The van der Waals surface area contributed by atoms with Gasteiger partial charge in [0.05, 0.1) is 11.6 Å². The maximum Gasteiger partial charge on any atom is 0.331 e. The molecule has 0 heterocycles. The zero-order valence-corrected chi connectivity index (χ0v) is 7.95. The number of carbonyl (C=O) groups is 1. The first-order chi connectivity index (χ1) is 6.54. The monoisotopic (exact) mass is 189 g/mol. The van der Waals surface area contributed by atoms with Crippen molar-refractivity contribution in [2.75, 3.05) is 0 Å². The zero-order chi connectivity index (χ0) is 11.1. The van der Waals surface area contributed by atoms with Crippen LogP contribution in [0, 0.1) is 11.3 Å². The van der Waals surface area contributed by atoms with E-state index < -0.39 is 5.97 Å². The maximum absolute atomic E-state index is 10.7. The number of nitrogens with zero attached hydrogens (tertiary/aromatic N) is 1. The Bertz CT molecular complexity index is 367. The van der Waals surface area contributed by atoms with E-state index in [1.165, 1.54) is 19.1 Å². The van der Waals surface area contributed by atoms with Crippen LogP contribution < -0.4 is 0 Å². The molecule has 0 aliphatic carbocycles. The van der Waals surface area contributed by atoms with Gasteiger partial charge in [-0.15, -0.1) is 0 Å². The Morgan fingerprint density at radius 3 is 2.50 bits per heavy atom. The van der Waals surface area contributed by atoms with Gasteiger partial charge in [-0.05, 0) is 6.92 Å². The molecule has 3 nitrogen and oxygen atoms in total.